The summed E-state index contributed by atoms with van der Waals surface area (Å²) in [5.74, 6) is -2.71. The number of amides is 1. The molecular formula is C24H19F2N3O. The number of hydrogen-bond acceptors (Lipinski definition) is 2. The van der Waals surface area contributed by atoms with Crippen LogP contribution in [-0.4, -0.2) is 27.3 Å². The maximum Gasteiger partial charge on any atom is 0.257 e. The molecule has 30 heavy (non-hydrogen) atoms. The molecule has 0 unspecified atom stereocenters. The molecule has 6 heteroatoms. The molecule has 1 N–H and O–H groups in total. The fraction of sp³-hybridized carbons (Fsp3) is 0.167. The Labute approximate surface area is 172 Å². The molecule has 1 amide bonds. The highest BCUT2D eigenvalue weighted by Crippen LogP contribution is 2.38. The van der Waals surface area contributed by atoms with Crippen LogP contribution in [0.25, 0.3) is 10.9 Å². The van der Waals surface area contributed by atoms with Crippen molar-refractivity contribution >= 4 is 16.8 Å². The molecule has 4 nitrogen and oxygen atoms in total. The highest BCUT2D eigenvalue weighted by atomic mass is 19.2. The summed E-state index contributed by atoms with van der Waals surface area (Å²) < 4.78 is 28.2. The molecule has 0 spiro atoms. The molecule has 0 fully saturated rings. The molecule has 0 radical (unpaired) electrons. The molecule has 0 aliphatic carbocycles. The van der Waals surface area contributed by atoms with Crippen LogP contribution in [0, 0.1) is 18.6 Å². The normalized spacial score (nSPS) is 16.0. The third-order valence-electron chi connectivity index (χ3n) is 5.67. The largest absolute Gasteiger partial charge is 0.356 e. The molecule has 0 bridgehead atoms. The minimum Gasteiger partial charge on any atom is -0.356 e. The number of aryl methyl sites for hydroxylation is 1. The van der Waals surface area contributed by atoms with Crippen LogP contribution in [0.5, 0.6) is 0 Å². The highest BCUT2D eigenvalue weighted by Gasteiger charge is 2.36. The monoisotopic (exact) mass is 403 g/mol. The first-order valence-corrected chi connectivity index (χ1v) is 9.82. The van der Waals surface area contributed by atoms with Gasteiger partial charge in [-0.25, -0.2) is 8.78 Å². The smallest absolute Gasteiger partial charge is 0.257 e. The lowest BCUT2D eigenvalue weighted by molar-refractivity contribution is 0.0682. The van der Waals surface area contributed by atoms with Gasteiger partial charge in [0.05, 0.1) is 11.3 Å². The Hall–Kier alpha value is -3.54. The van der Waals surface area contributed by atoms with Crippen molar-refractivity contribution in [1.82, 2.24) is 14.9 Å². The minimum absolute atomic E-state index is 0.271. The Morgan fingerprint density at radius 3 is 2.70 bits per heavy atom. The van der Waals surface area contributed by atoms with Crippen molar-refractivity contribution in [3.05, 3.63) is 101 Å². The molecule has 2 aromatic heterocycles. The summed E-state index contributed by atoms with van der Waals surface area (Å²) in [7, 11) is 0. The van der Waals surface area contributed by atoms with Gasteiger partial charge in [0.15, 0.2) is 11.6 Å². The lowest BCUT2D eigenvalue weighted by Crippen LogP contribution is -2.41. The zero-order chi connectivity index (χ0) is 20.8. The first-order chi connectivity index (χ1) is 14.5. The third-order valence-corrected chi connectivity index (χ3v) is 5.67. The van der Waals surface area contributed by atoms with Gasteiger partial charge in [-0.2, -0.15) is 0 Å². The Morgan fingerprint density at radius 2 is 1.87 bits per heavy atom. The summed E-state index contributed by atoms with van der Waals surface area (Å²) in [5.41, 5.74) is 4.21. The average molecular weight is 403 g/mol. The fourth-order valence-electron chi connectivity index (χ4n) is 4.31. The quantitative estimate of drug-likeness (QED) is 0.516. The number of rotatable bonds is 2. The van der Waals surface area contributed by atoms with E-state index in [4.69, 9.17) is 0 Å². The van der Waals surface area contributed by atoms with Crippen LogP contribution in [-0.2, 0) is 6.42 Å². The van der Waals surface area contributed by atoms with E-state index in [1.807, 2.05) is 43.3 Å². The Morgan fingerprint density at radius 1 is 1.07 bits per heavy atom. The zero-order valence-electron chi connectivity index (χ0n) is 16.3. The number of aromatic amines is 1. The van der Waals surface area contributed by atoms with Crippen LogP contribution in [0.3, 0.4) is 0 Å². The van der Waals surface area contributed by atoms with E-state index in [2.05, 4.69) is 16.0 Å². The summed E-state index contributed by atoms with van der Waals surface area (Å²) in [4.78, 5) is 23.0. The number of aromatic nitrogens is 2. The van der Waals surface area contributed by atoms with Crippen LogP contribution in [0.15, 0.2) is 60.7 Å². The van der Waals surface area contributed by atoms with Gasteiger partial charge in [0.1, 0.15) is 6.04 Å². The van der Waals surface area contributed by atoms with E-state index in [1.165, 1.54) is 12.1 Å². The van der Waals surface area contributed by atoms with Crippen molar-refractivity contribution in [2.75, 3.05) is 6.54 Å². The van der Waals surface area contributed by atoms with Crippen LogP contribution in [0.4, 0.5) is 8.78 Å². The third kappa shape index (κ3) is 2.87. The minimum atomic E-state index is -1.12. The van der Waals surface area contributed by atoms with Gasteiger partial charge in [0, 0.05) is 28.8 Å². The number of H-pyrrole nitrogens is 1. The number of para-hydroxylation sites is 1. The van der Waals surface area contributed by atoms with E-state index in [9.17, 15) is 13.6 Å². The van der Waals surface area contributed by atoms with Gasteiger partial charge in [-0.3, -0.25) is 9.78 Å². The first kappa shape index (κ1) is 18.5. The van der Waals surface area contributed by atoms with E-state index in [0.717, 1.165) is 33.9 Å². The molecular weight excluding hydrogens is 384 g/mol. The van der Waals surface area contributed by atoms with Crippen molar-refractivity contribution in [3.63, 3.8) is 0 Å². The predicted octanol–water partition coefficient (Wildman–Crippen LogP) is 4.94. The van der Waals surface area contributed by atoms with Gasteiger partial charge < -0.3 is 9.88 Å². The second kappa shape index (κ2) is 7.06. The van der Waals surface area contributed by atoms with Crippen molar-refractivity contribution in [1.29, 1.82) is 0 Å². The number of benzene rings is 2. The maximum absolute atomic E-state index is 14.4. The van der Waals surface area contributed by atoms with Crippen LogP contribution in [0.2, 0.25) is 0 Å². The zero-order valence-corrected chi connectivity index (χ0v) is 16.3. The van der Waals surface area contributed by atoms with Crippen LogP contribution >= 0.6 is 0 Å². The molecule has 1 aliphatic rings. The van der Waals surface area contributed by atoms with E-state index < -0.39 is 23.6 Å². The number of nitrogens with one attached hydrogen (secondary N) is 1. The number of halogens is 2. The Kier molecular flexibility index (Phi) is 4.35. The number of fused-ring (bicyclic) bond motifs is 3. The summed E-state index contributed by atoms with van der Waals surface area (Å²) in [6.45, 7) is 2.26. The van der Waals surface area contributed by atoms with Gasteiger partial charge in [0.25, 0.3) is 5.91 Å². The molecule has 1 atom stereocenters. The predicted molar refractivity (Wildman–Crippen MR) is 110 cm³/mol. The molecule has 3 heterocycles. The van der Waals surface area contributed by atoms with Crippen molar-refractivity contribution in [3.8, 4) is 0 Å². The second-order valence-corrected chi connectivity index (χ2v) is 7.52. The number of pyridine rings is 1. The maximum atomic E-state index is 14.4. The van der Waals surface area contributed by atoms with Gasteiger partial charge in [-0.15, -0.1) is 0 Å². The molecule has 0 saturated carbocycles. The molecule has 150 valence electrons. The topological polar surface area (TPSA) is 49.0 Å². The van der Waals surface area contributed by atoms with Crippen LogP contribution < -0.4 is 0 Å². The number of nitrogens with zero attached hydrogens (tertiary/aromatic N) is 2. The molecule has 5 rings (SSSR count). The fourth-order valence-corrected chi connectivity index (χ4v) is 4.31. The Balaban J connectivity index is 1.69. The molecule has 1 aliphatic heterocycles. The standard InChI is InChI=1S/C24H19F2N3O/c1-14-6-4-11-20(27-14)23-22-16(15-7-2-3-10-19(15)28-22)12-13-29(23)24(30)17-8-5-9-18(25)21(17)26/h2-11,23,28H,12-13H2,1H3/t23-/m0/s1. The molecule has 2 aromatic carbocycles. The summed E-state index contributed by atoms with van der Waals surface area (Å²) in [6, 6.07) is 16.8. The Bertz CT molecular complexity index is 1280. The summed E-state index contributed by atoms with van der Waals surface area (Å²) >= 11 is 0. The number of hydrogen-bond donors (Lipinski definition) is 1. The number of carbonyl (C=O) groups excluding carboxylic acids is 1. The van der Waals surface area contributed by atoms with E-state index in [0.29, 0.717) is 18.7 Å². The average Bonchev–Trinajstić information content (AvgIpc) is 3.13. The van der Waals surface area contributed by atoms with Crippen molar-refractivity contribution in [2.45, 2.75) is 19.4 Å². The second-order valence-electron chi connectivity index (χ2n) is 7.52. The first-order valence-electron chi connectivity index (χ1n) is 9.82. The van der Waals surface area contributed by atoms with E-state index in [1.54, 1.807) is 4.90 Å². The summed E-state index contributed by atoms with van der Waals surface area (Å²) in [5, 5.41) is 1.11. The SMILES string of the molecule is Cc1cccc([C@H]2c3[nH]c4ccccc4c3CCN2C(=O)c2cccc(F)c2F)n1. The lowest BCUT2D eigenvalue weighted by Gasteiger charge is -2.35. The van der Waals surface area contributed by atoms with Gasteiger partial charge in [-0.05, 0) is 49.2 Å². The summed E-state index contributed by atoms with van der Waals surface area (Å²) in [6.07, 6.45) is 0.615. The van der Waals surface area contributed by atoms with E-state index in [-0.39, 0.29) is 5.56 Å². The highest BCUT2D eigenvalue weighted by molar-refractivity contribution is 5.96. The molecule has 0 saturated heterocycles. The van der Waals surface area contributed by atoms with Gasteiger partial charge >= 0.3 is 0 Å². The van der Waals surface area contributed by atoms with E-state index >= 15 is 0 Å². The van der Waals surface area contributed by atoms with Gasteiger partial charge in [-0.1, -0.05) is 30.3 Å². The molecule has 4 aromatic rings. The van der Waals surface area contributed by atoms with Crippen LogP contribution in [0.1, 0.15) is 39.0 Å². The van der Waals surface area contributed by atoms with Gasteiger partial charge in [0.2, 0.25) is 0 Å². The number of carbonyl (C=O) groups is 1. The van der Waals surface area contributed by atoms with Crippen molar-refractivity contribution < 1.29 is 13.6 Å². The van der Waals surface area contributed by atoms with Crippen molar-refractivity contribution in [2.24, 2.45) is 0 Å². The lowest BCUT2D eigenvalue weighted by atomic mass is 9.94.